The van der Waals surface area contributed by atoms with E-state index in [1.165, 1.54) is 5.56 Å². The zero-order valence-corrected chi connectivity index (χ0v) is 14.8. The van der Waals surface area contributed by atoms with E-state index in [4.69, 9.17) is 9.15 Å². The van der Waals surface area contributed by atoms with Gasteiger partial charge in [0, 0.05) is 12.4 Å². The van der Waals surface area contributed by atoms with Crippen molar-refractivity contribution >= 4 is 11.8 Å². The Kier molecular flexibility index (Phi) is 5.72. The lowest BCUT2D eigenvalue weighted by atomic mass is 10.2. The molecule has 0 saturated heterocycles. The van der Waals surface area contributed by atoms with E-state index in [1.807, 2.05) is 38.1 Å². The van der Waals surface area contributed by atoms with Crippen molar-refractivity contribution in [2.24, 2.45) is 0 Å². The molecule has 0 fully saturated rings. The summed E-state index contributed by atoms with van der Waals surface area (Å²) in [5.41, 5.74) is 2.20. The van der Waals surface area contributed by atoms with Gasteiger partial charge in [0.15, 0.2) is 11.0 Å². The number of rotatable bonds is 8. The lowest BCUT2D eigenvalue weighted by molar-refractivity contribution is 0.164. The van der Waals surface area contributed by atoms with Crippen LogP contribution in [0.1, 0.15) is 18.2 Å². The Morgan fingerprint density at radius 3 is 2.71 bits per heavy atom. The highest BCUT2D eigenvalue weighted by Crippen LogP contribution is 2.27. The summed E-state index contributed by atoms with van der Waals surface area (Å²) in [5.74, 6) is 2.54. The zero-order valence-electron chi connectivity index (χ0n) is 13.9. The first-order chi connectivity index (χ1) is 11.8. The predicted octanol–water partition coefficient (Wildman–Crippen LogP) is 4.02. The Labute approximate surface area is 146 Å². The van der Waals surface area contributed by atoms with Crippen molar-refractivity contribution in [1.82, 2.24) is 14.8 Å². The number of hydrogen-bond donors (Lipinski definition) is 0. The van der Waals surface area contributed by atoms with Crippen molar-refractivity contribution in [3.63, 3.8) is 0 Å². The molecular formula is C18H21N3O2S. The molecule has 0 aliphatic rings. The third-order valence-corrected chi connectivity index (χ3v) is 4.59. The number of furan rings is 1. The molecule has 0 spiro atoms. The van der Waals surface area contributed by atoms with Crippen LogP contribution in [0.2, 0.25) is 0 Å². The van der Waals surface area contributed by atoms with Crippen molar-refractivity contribution < 1.29 is 9.15 Å². The van der Waals surface area contributed by atoms with Crippen LogP contribution in [0, 0.1) is 6.92 Å². The molecule has 2 aromatic heterocycles. The first kappa shape index (κ1) is 16.8. The Morgan fingerprint density at radius 1 is 1.17 bits per heavy atom. The van der Waals surface area contributed by atoms with E-state index in [0.29, 0.717) is 6.61 Å². The first-order valence-electron chi connectivity index (χ1n) is 8.01. The number of nitrogens with zero attached hydrogens (tertiary/aromatic N) is 3. The number of hydrogen-bond acceptors (Lipinski definition) is 5. The number of aromatic nitrogens is 3. The molecule has 1 aromatic carbocycles. The Balaban J connectivity index is 1.88. The number of aryl methyl sites for hydroxylation is 1. The monoisotopic (exact) mass is 343 g/mol. The molecule has 2 heterocycles. The molecule has 0 aliphatic heterocycles. The van der Waals surface area contributed by atoms with Gasteiger partial charge in [-0.15, -0.1) is 10.2 Å². The molecule has 0 aliphatic carbocycles. The smallest absolute Gasteiger partial charge is 0.191 e. The second-order valence-electron chi connectivity index (χ2n) is 5.31. The lowest BCUT2D eigenvalue weighted by Gasteiger charge is -2.10. The van der Waals surface area contributed by atoms with Gasteiger partial charge < -0.3 is 9.15 Å². The molecule has 3 rings (SSSR count). The summed E-state index contributed by atoms with van der Waals surface area (Å²) in [4.78, 5) is 0. The standard InChI is InChI=1S/C18H21N3O2S/c1-3-22-11-12-24-18-20-19-17(16-9-10-23-14(16)2)21(18)13-15-7-5-4-6-8-15/h4-10H,3,11-13H2,1-2H3. The van der Waals surface area contributed by atoms with E-state index < -0.39 is 0 Å². The number of ether oxygens (including phenoxy) is 1. The van der Waals surface area contributed by atoms with E-state index in [9.17, 15) is 0 Å². The molecule has 0 unspecified atom stereocenters. The van der Waals surface area contributed by atoms with Gasteiger partial charge in [0.25, 0.3) is 0 Å². The third kappa shape index (κ3) is 3.88. The maximum absolute atomic E-state index is 5.44. The van der Waals surface area contributed by atoms with E-state index in [0.717, 1.165) is 41.2 Å². The molecule has 3 aromatic rings. The van der Waals surface area contributed by atoms with Crippen molar-refractivity contribution in [1.29, 1.82) is 0 Å². The van der Waals surface area contributed by atoms with Gasteiger partial charge in [-0.1, -0.05) is 42.1 Å². The molecule has 0 radical (unpaired) electrons. The summed E-state index contributed by atoms with van der Waals surface area (Å²) in [6.07, 6.45) is 1.69. The molecule has 0 bridgehead atoms. The normalized spacial score (nSPS) is 11.1. The molecule has 0 saturated carbocycles. The Bertz CT molecular complexity index is 768. The largest absolute Gasteiger partial charge is 0.469 e. The van der Waals surface area contributed by atoms with Crippen LogP contribution in [0.3, 0.4) is 0 Å². The Morgan fingerprint density at radius 2 is 2.00 bits per heavy atom. The third-order valence-electron chi connectivity index (χ3n) is 3.66. The summed E-state index contributed by atoms with van der Waals surface area (Å²) >= 11 is 1.66. The first-order valence-corrected chi connectivity index (χ1v) is 9.00. The summed E-state index contributed by atoms with van der Waals surface area (Å²) in [6, 6.07) is 12.3. The van der Waals surface area contributed by atoms with E-state index in [2.05, 4.69) is 26.9 Å². The second-order valence-corrected chi connectivity index (χ2v) is 6.38. The fourth-order valence-electron chi connectivity index (χ4n) is 2.46. The number of benzene rings is 1. The second kappa shape index (κ2) is 8.17. The quantitative estimate of drug-likeness (QED) is 0.457. The van der Waals surface area contributed by atoms with E-state index in [1.54, 1.807) is 18.0 Å². The van der Waals surface area contributed by atoms with Gasteiger partial charge in [0.05, 0.1) is 25.0 Å². The maximum Gasteiger partial charge on any atom is 0.191 e. The van der Waals surface area contributed by atoms with Crippen molar-refractivity contribution in [2.45, 2.75) is 25.5 Å². The Hall–Kier alpha value is -2.05. The molecule has 126 valence electrons. The average molecular weight is 343 g/mol. The summed E-state index contributed by atoms with van der Waals surface area (Å²) in [5, 5.41) is 9.69. The fraction of sp³-hybridized carbons (Fsp3) is 0.333. The molecule has 0 amide bonds. The van der Waals surface area contributed by atoms with Gasteiger partial charge in [0.1, 0.15) is 5.76 Å². The molecular weight excluding hydrogens is 322 g/mol. The van der Waals surface area contributed by atoms with Gasteiger partial charge in [-0.2, -0.15) is 0 Å². The van der Waals surface area contributed by atoms with Crippen LogP contribution < -0.4 is 0 Å². The van der Waals surface area contributed by atoms with Crippen LogP contribution in [0.5, 0.6) is 0 Å². The zero-order chi connectivity index (χ0) is 16.8. The van der Waals surface area contributed by atoms with Gasteiger partial charge in [-0.3, -0.25) is 4.57 Å². The van der Waals surface area contributed by atoms with Gasteiger partial charge >= 0.3 is 0 Å². The molecule has 24 heavy (non-hydrogen) atoms. The average Bonchev–Trinajstić information content (AvgIpc) is 3.19. The highest BCUT2D eigenvalue weighted by Gasteiger charge is 2.17. The van der Waals surface area contributed by atoms with Crippen LogP contribution in [-0.4, -0.2) is 33.7 Å². The highest BCUT2D eigenvalue weighted by atomic mass is 32.2. The highest BCUT2D eigenvalue weighted by molar-refractivity contribution is 7.99. The van der Waals surface area contributed by atoms with Crippen molar-refractivity contribution in [2.75, 3.05) is 19.0 Å². The molecule has 0 N–H and O–H groups in total. The van der Waals surface area contributed by atoms with E-state index in [-0.39, 0.29) is 0 Å². The van der Waals surface area contributed by atoms with Crippen molar-refractivity contribution in [3.05, 3.63) is 54.0 Å². The summed E-state index contributed by atoms with van der Waals surface area (Å²) < 4.78 is 13.0. The van der Waals surface area contributed by atoms with Crippen LogP contribution in [0.4, 0.5) is 0 Å². The minimum absolute atomic E-state index is 0.708. The van der Waals surface area contributed by atoms with Gasteiger partial charge in [-0.05, 0) is 25.5 Å². The number of thioether (sulfide) groups is 1. The topological polar surface area (TPSA) is 53.1 Å². The maximum atomic E-state index is 5.44. The van der Waals surface area contributed by atoms with Crippen LogP contribution in [-0.2, 0) is 11.3 Å². The minimum atomic E-state index is 0.708. The summed E-state index contributed by atoms with van der Waals surface area (Å²) in [7, 11) is 0. The molecule has 0 atom stereocenters. The minimum Gasteiger partial charge on any atom is -0.469 e. The SMILES string of the molecule is CCOCCSc1nnc(-c2ccoc2C)n1Cc1ccccc1. The van der Waals surface area contributed by atoms with Gasteiger partial charge in [-0.25, -0.2) is 0 Å². The van der Waals surface area contributed by atoms with Crippen molar-refractivity contribution in [3.8, 4) is 11.4 Å². The van der Waals surface area contributed by atoms with Gasteiger partial charge in [0.2, 0.25) is 0 Å². The molecule has 5 nitrogen and oxygen atoms in total. The predicted molar refractivity (Wildman–Crippen MR) is 95.2 cm³/mol. The van der Waals surface area contributed by atoms with Crippen LogP contribution in [0.25, 0.3) is 11.4 Å². The lowest BCUT2D eigenvalue weighted by Crippen LogP contribution is -2.05. The van der Waals surface area contributed by atoms with Crippen LogP contribution >= 0.6 is 11.8 Å². The fourth-order valence-corrected chi connectivity index (χ4v) is 3.25. The molecule has 6 heteroatoms. The summed E-state index contributed by atoms with van der Waals surface area (Å²) in [6.45, 7) is 6.11. The van der Waals surface area contributed by atoms with E-state index >= 15 is 0 Å². The van der Waals surface area contributed by atoms with Crippen LogP contribution in [0.15, 0.2) is 52.2 Å².